The maximum Gasteiger partial charge on any atom is 0.226 e. The van der Waals surface area contributed by atoms with E-state index in [0.29, 0.717) is 18.7 Å². The van der Waals surface area contributed by atoms with Crippen molar-refractivity contribution in [3.05, 3.63) is 11.7 Å². The molecule has 0 saturated carbocycles. The molecule has 1 aromatic rings. The summed E-state index contributed by atoms with van der Waals surface area (Å²) in [5.74, 6) is 3.52. The monoisotopic (exact) mass is 225 g/mol. The number of hydrogen-bond acceptors (Lipinski definition) is 5. The van der Waals surface area contributed by atoms with Crippen molar-refractivity contribution in [3.8, 4) is 6.07 Å². The van der Waals surface area contributed by atoms with E-state index in [9.17, 15) is 0 Å². The Morgan fingerprint density at radius 2 is 2.40 bits per heavy atom. The quantitative estimate of drug-likeness (QED) is 0.744. The van der Waals surface area contributed by atoms with Crippen molar-refractivity contribution in [2.24, 2.45) is 5.92 Å². The maximum absolute atomic E-state index is 8.52. The van der Waals surface area contributed by atoms with Crippen LogP contribution in [-0.4, -0.2) is 15.9 Å². The minimum absolute atomic E-state index is 0.280. The minimum atomic E-state index is 0.280. The molecule has 0 aromatic carbocycles. The molecule has 0 N–H and O–H groups in total. The zero-order valence-electron chi connectivity index (χ0n) is 9.06. The lowest BCUT2D eigenvalue weighted by molar-refractivity contribution is 0.356. The molecule has 0 radical (unpaired) electrons. The highest BCUT2D eigenvalue weighted by atomic mass is 32.2. The van der Waals surface area contributed by atoms with Gasteiger partial charge in [0, 0.05) is 12.8 Å². The molecule has 1 atom stereocenters. The second-order valence-corrected chi connectivity index (χ2v) is 4.69. The predicted octanol–water partition coefficient (Wildman–Crippen LogP) is 2.41. The Kier molecular flexibility index (Phi) is 5.19. The summed E-state index contributed by atoms with van der Waals surface area (Å²) in [6.07, 6.45) is 1.22. The summed E-state index contributed by atoms with van der Waals surface area (Å²) in [4.78, 5) is 4.26. The van der Waals surface area contributed by atoms with E-state index in [1.54, 1.807) is 11.8 Å². The summed E-state index contributed by atoms with van der Waals surface area (Å²) in [7, 11) is 0. The first-order valence-corrected chi connectivity index (χ1v) is 6.17. The lowest BCUT2D eigenvalue weighted by atomic mass is 10.1. The summed E-state index contributed by atoms with van der Waals surface area (Å²) >= 11 is 1.77. The zero-order valence-corrected chi connectivity index (χ0v) is 9.88. The van der Waals surface area contributed by atoms with Crippen LogP contribution >= 0.6 is 11.8 Å². The van der Waals surface area contributed by atoms with Gasteiger partial charge in [-0.1, -0.05) is 19.0 Å². The third kappa shape index (κ3) is 4.34. The second kappa shape index (κ2) is 6.46. The fraction of sp³-hybridized carbons (Fsp3) is 0.700. The highest BCUT2D eigenvalue weighted by Crippen LogP contribution is 2.12. The van der Waals surface area contributed by atoms with E-state index in [0.717, 1.165) is 17.3 Å². The number of aromatic nitrogens is 2. The summed E-state index contributed by atoms with van der Waals surface area (Å²) in [6, 6.07) is 2.13. The molecule has 82 valence electrons. The van der Waals surface area contributed by atoms with E-state index >= 15 is 0 Å². The first-order chi connectivity index (χ1) is 7.26. The van der Waals surface area contributed by atoms with Crippen LogP contribution in [0.1, 0.15) is 32.0 Å². The maximum atomic E-state index is 8.52. The number of rotatable bonds is 6. The average molecular weight is 225 g/mol. The van der Waals surface area contributed by atoms with Gasteiger partial charge in [-0.15, -0.1) is 0 Å². The van der Waals surface area contributed by atoms with Crippen LogP contribution in [0.25, 0.3) is 0 Å². The molecule has 0 spiro atoms. The van der Waals surface area contributed by atoms with Crippen molar-refractivity contribution in [2.45, 2.75) is 32.4 Å². The van der Waals surface area contributed by atoms with Gasteiger partial charge < -0.3 is 4.52 Å². The molecule has 1 heterocycles. The highest BCUT2D eigenvalue weighted by molar-refractivity contribution is 7.98. The van der Waals surface area contributed by atoms with Crippen LogP contribution in [-0.2, 0) is 12.2 Å². The summed E-state index contributed by atoms with van der Waals surface area (Å²) < 4.78 is 5.09. The molecular formula is C10H15N3OS. The Morgan fingerprint density at radius 3 is 3.07 bits per heavy atom. The van der Waals surface area contributed by atoms with E-state index in [-0.39, 0.29) is 5.92 Å². The molecule has 0 bridgehead atoms. The molecule has 0 aliphatic carbocycles. The van der Waals surface area contributed by atoms with Gasteiger partial charge in [0.05, 0.1) is 11.8 Å². The average Bonchev–Trinajstić information content (AvgIpc) is 2.63. The van der Waals surface area contributed by atoms with Crippen LogP contribution in [0, 0.1) is 17.2 Å². The van der Waals surface area contributed by atoms with Crippen molar-refractivity contribution in [1.29, 1.82) is 5.26 Å². The summed E-state index contributed by atoms with van der Waals surface area (Å²) in [5.41, 5.74) is 0. The molecule has 1 aromatic heterocycles. The Balaban J connectivity index is 2.42. The van der Waals surface area contributed by atoms with Gasteiger partial charge in [-0.25, -0.2) is 0 Å². The smallest absolute Gasteiger partial charge is 0.226 e. The van der Waals surface area contributed by atoms with Gasteiger partial charge in [-0.3, -0.25) is 0 Å². The van der Waals surface area contributed by atoms with Crippen molar-refractivity contribution >= 4 is 11.8 Å². The van der Waals surface area contributed by atoms with E-state index in [1.165, 1.54) is 0 Å². The molecule has 1 unspecified atom stereocenters. The van der Waals surface area contributed by atoms with Gasteiger partial charge in [0.15, 0.2) is 5.82 Å². The fourth-order valence-electron chi connectivity index (χ4n) is 1.15. The fourth-order valence-corrected chi connectivity index (χ4v) is 1.66. The highest BCUT2D eigenvalue weighted by Gasteiger charge is 2.10. The molecule has 1 rings (SSSR count). The Hall–Kier alpha value is -1.02. The third-order valence-corrected chi connectivity index (χ3v) is 2.78. The van der Waals surface area contributed by atoms with Crippen LogP contribution in [0.3, 0.4) is 0 Å². The van der Waals surface area contributed by atoms with Gasteiger partial charge in [0.25, 0.3) is 0 Å². The molecule has 0 fully saturated rings. The molecular weight excluding hydrogens is 210 g/mol. The van der Waals surface area contributed by atoms with Gasteiger partial charge in [0.2, 0.25) is 5.89 Å². The van der Waals surface area contributed by atoms with E-state index in [1.807, 2.05) is 6.92 Å². The standard InChI is InChI=1S/C10H15N3OS/c1-3-15-7-9-12-10(14-13-9)6-8(2)4-5-11/h8H,3-4,6-7H2,1-2H3. The van der Waals surface area contributed by atoms with Crippen molar-refractivity contribution in [3.63, 3.8) is 0 Å². The van der Waals surface area contributed by atoms with Crippen molar-refractivity contribution < 1.29 is 4.52 Å². The van der Waals surface area contributed by atoms with Crippen LogP contribution < -0.4 is 0 Å². The normalized spacial score (nSPS) is 12.3. The first kappa shape index (κ1) is 12.1. The Labute approximate surface area is 94.1 Å². The molecule has 0 saturated heterocycles. The summed E-state index contributed by atoms with van der Waals surface area (Å²) in [6.45, 7) is 4.11. The van der Waals surface area contributed by atoms with Gasteiger partial charge in [0.1, 0.15) is 0 Å². The first-order valence-electron chi connectivity index (χ1n) is 5.02. The molecule has 0 aliphatic rings. The molecule has 15 heavy (non-hydrogen) atoms. The Bertz CT molecular complexity index is 332. The largest absolute Gasteiger partial charge is 0.339 e. The van der Waals surface area contributed by atoms with Gasteiger partial charge >= 0.3 is 0 Å². The SMILES string of the molecule is CCSCc1noc(CC(C)CC#N)n1. The number of nitriles is 1. The lowest BCUT2D eigenvalue weighted by Crippen LogP contribution is -1.98. The topological polar surface area (TPSA) is 62.7 Å². The van der Waals surface area contributed by atoms with Gasteiger partial charge in [-0.2, -0.15) is 22.0 Å². The Morgan fingerprint density at radius 1 is 1.60 bits per heavy atom. The minimum Gasteiger partial charge on any atom is -0.339 e. The molecule has 0 amide bonds. The van der Waals surface area contributed by atoms with Crippen molar-refractivity contribution in [1.82, 2.24) is 10.1 Å². The zero-order chi connectivity index (χ0) is 11.1. The molecule has 4 nitrogen and oxygen atoms in total. The predicted molar refractivity (Wildman–Crippen MR) is 59.2 cm³/mol. The number of hydrogen-bond donors (Lipinski definition) is 0. The van der Waals surface area contributed by atoms with Crippen LogP contribution in [0.5, 0.6) is 0 Å². The van der Waals surface area contributed by atoms with Crippen molar-refractivity contribution in [2.75, 3.05) is 5.75 Å². The third-order valence-electron chi connectivity index (χ3n) is 1.91. The van der Waals surface area contributed by atoms with E-state index in [2.05, 4.69) is 23.1 Å². The molecule has 5 heteroatoms. The van der Waals surface area contributed by atoms with E-state index < -0.39 is 0 Å². The van der Waals surface area contributed by atoms with Crippen LogP contribution in [0.4, 0.5) is 0 Å². The summed E-state index contributed by atoms with van der Waals surface area (Å²) in [5, 5.41) is 12.4. The van der Waals surface area contributed by atoms with Crippen LogP contribution in [0.2, 0.25) is 0 Å². The molecule has 0 aliphatic heterocycles. The lowest BCUT2D eigenvalue weighted by Gasteiger charge is -2.00. The second-order valence-electron chi connectivity index (χ2n) is 3.41. The van der Waals surface area contributed by atoms with Crippen LogP contribution in [0.15, 0.2) is 4.52 Å². The number of nitrogens with zero attached hydrogens (tertiary/aromatic N) is 3. The van der Waals surface area contributed by atoms with Gasteiger partial charge in [-0.05, 0) is 11.7 Å². The number of thioether (sulfide) groups is 1. The van der Waals surface area contributed by atoms with E-state index in [4.69, 9.17) is 9.78 Å².